The zero-order valence-corrected chi connectivity index (χ0v) is 33.0. The van der Waals surface area contributed by atoms with Gasteiger partial charge in [-0.25, -0.2) is 18.1 Å². The molecule has 0 unspecified atom stereocenters. The van der Waals surface area contributed by atoms with Gasteiger partial charge in [-0.2, -0.15) is 0 Å². The molecule has 0 fully saturated rings. The molecule has 2 heterocycles. The maximum atomic E-state index is 15.2. The molecule has 0 radical (unpaired) electrons. The van der Waals surface area contributed by atoms with E-state index in [0.29, 0.717) is 0 Å². The Balaban J connectivity index is 1.45. The lowest BCUT2D eigenvalue weighted by atomic mass is 10.1. The molecule has 4 amide bonds. The topological polar surface area (TPSA) is 93.2 Å². The molecule has 8 nitrogen and oxygen atoms in total. The predicted octanol–water partition coefficient (Wildman–Crippen LogP) is 13.2. The van der Waals surface area contributed by atoms with Crippen molar-refractivity contribution in [3.8, 4) is 23.0 Å². The van der Waals surface area contributed by atoms with Crippen LogP contribution in [0.15, 0.2) is 0 Å². The Morgan fingerprint density at radius 3 is 1.13 bits per heavy atom. The first-order chi connectivity index (χ1) is 24.2. The van der Waals surface area contributed by atoms with Crippen molar-refractivity contribution < 1.29 is 41.8 Å². The highest BCUT2D eigenvalue weighted by Gasteiger charge is 2.46. The van der Waals surface area contributed by atoms with Crippen molar-refractivity contribution >= 4 is 157 Å². The number of hydrogen-bond donors (Lipinski definition) is 0. The summed E-state index contributed by atoms with van der Waals surface area (Å²) in [6.07, 6.45) is 0. The van der Waals surface area contributed by atoms with E-state index in [1.54, 1.807) is 0 Å². The van der Waals surface area contributed by atoms with Gasteiger partial charge in [0.15, 0.2) is 40.4 Å². The number of hydrogen-bond acceptors (Lipinski definition) is 6. The zero-order chi connectivity index (χ0) is 38.7. The number of halogens is 14. The van der Waals surface area contributed by atoms with Crippen LogP contribution < -0.4 is 14.4 Å². The highest BCUT2D eigenvalue weighted by molar-refractivity contribution is 6.54. The highest BCUT2D eigenvalue weighted by Crippen LogP contribution is 2.57. The Morgan fingerprint density at radius 1 is 0.423 bits per heavy atom. The smallest absolute Gasteiger partial charge is 0.268 e. The van der Waals surface area contributed by atoms with Crippen LogP contribution in [-0.4, -0.2) is 35.6 Å². The van der Waals surface area contributed by atoms with E-state index >= 15 is 8.78 Å². The Hall–Kier alpha value is -2.26. The SMILES string of the molecule is Cc1c(F)c(Cl)c(F)c(N2C(=O)c3c(Cl)c(Cl)c(Oc4c(Cl)c(Cl)c(Oc5c(Cl)c(Cl)c6c(c5Cl)C(=O)N(C)C6=O)c(Cl)c4Cl)c(Cl)c3C2=O)c1F. The van der Waals surface area contributed by atoms with Gasteiger partial charge in [0.1, 0.15) is 40.8 Å². The van der Waals surface area contributed by atoms with Gasteiger partial charge in [0.2, 0.25) is 0 Å². The van der Waals surface area contributed by atoms with Crippen molar-refractivity contribution in [2.75, 3.05) is 11.9 Å². The zero-order valence-electron chi connectivity index (χ0n) is 24.6. The minimum Gasteiger partial charge on any atom is -0.451 e. The van der Waals surface area contributed by atoms with Crippen LogP contribution in [0.4, 0.5) is 18.9 Å². The lowest BCUT2D eigenvalue weighted by Crippen LogP contribution is -2.32. The summed E-state index contributed by atoms with van der Waals surface area (Å²) in [5.41, 5.74) is -4.15. The summed E-state index contributed by atoms with van der Waals surface area (Å²) < 4.78 is 56.0. The number of benzene rings is 4. The first-order valence-corrected chi connectivity index (χ1v) is 17.5. The van der Waals surface area contributed by atoms with E-state index in [-0.39, 0.29) is 21.0 Å². The van der Waals surface area contributed by atoms with Crippen molar-refractivity contribution in [3.63, 3.8) is 0 Å². The molecule has 0 saturated heterocycles. The molecule has 0 aromatic heterocycles. The molecule has 0 atom stereocenters. The van der Waals surface area contributed by atoms with E-state index in [4.69, 9.17) is 137 Å². The molecule has 22 heteroatoms. The summed E-state index contributed by atoms with van der Waals surface area (Å²) in [6.45, 7) is 0.895. The molecule has 0 aliphatic carbocycles. The van der Waals surface area contributed by atoms with Crippen LogP contribution >= 0.6 is 128 Å². The molecular weight excluding hydrogens is 931 g/mol. The highest BCUT2D eigenvalue weighted by atomic mass is 35.5. The molecule has 0 spiro atoms. The molecule has 6 rings (SSSR count). The number of rotatable bonds is 5. The quantitative estimate of drug-likeness (QED) is 0.112. The Kier molecular flexibility index (Phi) is 10.5. The minimum absolute atomic E-state index is 0.00827. The number of carbonyl (C=O) groups excluding carboxylic acids is 4. The standard InChI is InChI=1S/C30H6Cl11F3N2O6/c1-3-19(42)18(41)21(44)22(20(3)43)46-29(49)5-7(30(46)50)11(34)24(13(36)9(5)32)52-26-16(39)14(37)25(15(38)17(26)40)51-23-10(33)6-4(8(31)12(23)35)27(47)45(2)28(6)48/h1-2H3. The van der Waals surface area contributed by atoms with Gasteiger partial charge in [0.05, 0.1) is 42.3 Å². The Morgan fingerprint density at radius 2 is 0.731 bits per heavy atom. The summed E-state index contributed by atoms with van der Waals surface area (Å²) in [6, 6.07) is 0. The van der Waals surface area contributed by atoms with E-state index in [0.717, 1.165) is 11.8 Å². The fourth-order valence-corrected chi connectivity index (χ4v) is 8.01. The van der Waals surface area contributed by atoms with Crippen LogP contribution in [0.2, 0.25) is 55.2 Å². The Labute approximate surface area is 343 Å². The first kappa shape index (κ1) is 39.4. The molecule has 2 aliphatic rings. The molecule has 0 N–H and O–H groups in total. The van der Waals surface area contributed by atoms with E-state index in [1.807, 2.05) is 0 Å². The van der Waals surface area contributed by atoms with Crippen LogP contribution in [0.3, 0.4) is 0 Å². The third-order valence-electron chi connectivity index (χ3n) is 7.71. The fourth-order valence-electron chi connectivity index (χ4n) is 5.11. The minimum atomic E-state index is -1.77. The molecular formula is C30H6Cl11F3N2O6. The second-order valence-corrected chi connectivity index (χ2v) is 14.7. The van der Waals surface area contributed by atoms with E-state index in [1.165, 1.54) is 7.05 Å². The van der Waals surface area contributed by atoms with Crippen LogP contribution in [0.5, 0.6) is 23.0 Å². The van der Waals surface area contributed by atoms with Gasteiger partial charge in [-0.3, -0.25) is 24.1 Å². The number of anilines is 1. The summed E-state index contributed by atoms with van der Waals surface area (Å²) >= 11 is 70.0. The third kappa shape index (κ3) is 5.50. The van der Waals surface area contributed by atoms with Gasteiger partial charge in [0, 0.05) is 12.6 Å². The van der Waals surface area contributed by atoms with Crippen molar-refractivity contribution in [3.05, 3.63) is 101 Å². The van der Waals surface area contributed by atoms with E-state index in [2.05, 4.69) is 0 Å². The van der Waals surface area contributed by atoms with E-state index < -0.39 is 137 Å². The first-order valence-electron chi connectivity index (χ1n) is 13.3. The van der Waals surface area contributed by atoms with Gasteiger partial charge in [0.25, 0.3) is 23.6 Å². The third-order valence-corrected chi connectivity index (χ3v) is 12.1. The van der Waals surface area contributed by atoms with Crippen LogP contribution in [-0.2, 0) is 0 Å². The summed E-state index contributed by atoms with van der Waals surface area (Å²) in [5, 5.41) is -6.63. The van der Waals surface area contributed by atoms with Gasteiger partial charge >= 0.3 is 0 Å². The normalized spacial score (nSPS) is 13.8. The number of nitrogens with zero attached hydrogens (tertiary/aromatic N) is 2. The summed E-state index contributed by atoms with van der Waals surface area (Å²) in [5.74, 6) is -11.5. The molecule has 4 aromatic carbocycles. The monoisotopic (exact) mass is 932 g/mol. The summed E-state index contributed by atoms with van der Waals surface area (Å²) in [4.78, 5) is 53.0. The van der Waals surface area contributed by atoms with Crippen molar-refractivity contribution in [2.24, 2.45) is 0 Å². The number of carbonyl (C=O) groups is 4. The largest absolute Gasteiger partial charge is 0.451 e. The second kappa shape index (κ2) is 13.8. The lowest BCUT2D eigenvalue weighted by molar-refractivity contribution is 0.0692. The summed E-state index contributed by atoms with van der Waals surface area (Å²) in [7, 11) is 1.19. The number of imide groups is 2. The fraction of sp³-hybridized carbons (Fsp3) is 0.0667. The number of fused-ring (bicyclic) bond motifs is 2. The van der Waals surface area contributed by atoms with Crippen molar-refractivity contribution in [2.45, 2.75) is 6.92 Å². The van der Waals surface area contributed by atoms with Gasteiger partial charge < -0.3 is 9.47 Å². The molecule has 270 valence electrons. The molecule has 0 bridgehead atoms. The number of amides is 4. The molecule has 2 aliphatic heterocycles. The van der Waals surface area contributed by atoms with E-state index in [9.17, 15) is 23.6 Å². The van der Waals surface area contributed by atoms with Gasteiger partial charge in [-0.15, -0.1) is 0 Å². The van der Waals surface area contributed by atoms with Crippen molar-refractivity contribution in [1.82, 2.24) is 4.90 Å². The lowest BCUT2D eigenvalue weighted by Gasteiger charge is -2.20. The molecule has 4 aromatic rings. The number of ether oxygens (including phenoxy) is 2. The van der Waals surface area contributed by atoms with Crippen LogP contribution in [0.1, 0.15) is 47.0 Å². The Bertz CT molecular complexity index is 2390. The molecule has 0 saturated carbocycles. The molecule has 52 heavy (non-hydrogen) atoms. The van der Waals surface area contributed by atoms with Gasteiger partial charge in [-0.05, 0) is 6.92 Å². The van der Waals surface area contributed by atoms with Crippen LogP contribution in [0, 0.1) is 24.4 Å². The predicted molar refractivity (Wildman–Crippen MR) is 193 cm³/mol. The average Bonchev–Trinajstić information content (AvgIpc) is 3.50. The van der Waals surface area contributed by atoms with Gasteiger partial charge in [-0.1, -0.05) is 128 Å². The van der Waals surface area contributed by atoms with Crippen LogP contribution in [0.25, 0.3) is 0 Å². The average molecular weight is 937 g/mol. The maximum absolute atomic E-state index is 15.2. The maximum Gasteiger partial charge on any atom is 0.268 e. The second-order valence-electron chi connectivity index (χ2n) is 10.5. The van der Waals surface area contributed by atoms with Crippen molar-refractivity contribution in [1.29, 1.82) is 0 Å².